The molecule has 0 saturated heterocycles. The van der Waals surface area contributed by atoms with E-state index in [1.807, 2.05) is 13.0 Å². The van der Waals surface area contributed by atoms with Gasteiger partial charge in [-0.05, 0) is 29.7 Å². The molecule has 4 heteroatoms. The molecule has 1 rings (SSSR count). The Bertz CT molecular complexity index is 340. The van der Waals surface area contributed by atoms with Gasteiger partial charge in [0.25, 0.3) is 0 Å². The lowest BCUT2D eigenvalue weighted by Crippen LogP contribution is -2.05. The Morgan fingerprint density at radius 1 is 1.38 bits per heavy atom. The number of halogens is 2. The van der Waals surface area contributed by atoms with Gasteiger partial charge >= 0.3 is 6.61 Å². The fourth-order valence-electron chi connectivity index (χ4n) is 1.37. The standard InChI is InChI=1S/C12H15F2O2/c1-3-9-4-10(8(2)7-15)6-11(5-9)16-12(13)14/h4-6,12,15H,3,7H2,1-2H3. The summed E-state index contributed by atoms with van der Waals surface area (Å²) in [4.78, 5) is 0. The quantitative estimate of drug-likeness (QED) is 0.841. The normalized spacial score (nSPS) is 11.2. The van der Waals surface area contributed by atoms with E-state index in [1.54, 1.807) is 13.0 Å². The fourth-order valence-corrected chi connectivity index (χ4v) is 1.37. The number of hydrogen-bond acceptors (Lipinski definition) is 2. The number of aliphatic hydroxyl groups is 1. The number of hydrogen-bond donors (Lipinski definition) is 1. The summed E-state index contributed by atoms with van der Waals surface area (Å²) >= 11 is 0. The van der Waals surface area contributed by atoms with Crippen molar-refractivity contribution in [1.82, 2.24) is 0 Å². The van der Waals surface area contributed by atoms with E-state index in [0.717, 1.165) is 23.5 Å². The molecule has 0 amide bonds. The van der Waals surface area contributed by atoms with Gasteiger partial charge < -0.3 is 9.84 Å². The van der Waals surface area contributed by atoms with Crippen molar-refractivity contribution in [3.63, 3.8) is 0 Å². The van der Waals surface area contributed by atoms with Gasteiger partial charge in [0.2, 0.25) is 0 Å². The highest BCUT2D eigenvalue weighted by molar-refractivity contribution is 5.41. The molecule has 16 heavy (non-hydrogen) atoms. The molecule has 0 heterocycles. The van der Waals surface area contributed by atoms with Gasteiger partial charge in [-0.2, -0.15) is 8.78 Å². The monoisotopic (exact) mass is 229 g/mol. The largest absolute Gasteiger partial charge is 0.435 e. The highest BCUT2D eigenvalue weighted by Crippen LogP contribution is 2.24. The molecule has 0 spiro atoms. The van der Waals surface area contributed by atoms with Crippen LogP contribution in [0.15, 0.2) is 18.2 Å². The van der Waals surface area contributed by atoms with Crippen molar-refractivity contribution in [2.24, 2.45) is 0 Å². The lowest BCUT2D eigenvalue weighted by atomic mass is 9.98. The molecule has 0 aliphatic heterocycles. The molecule has 0 bridgehead atoms. The maximum Gasteiger partial charge on any atom is 0.387 e. The van der Waals surface area contributed by atoms with Crippen molar-refractivity contribution >= 4 is 0 Å². The van der Waals surface area contributed by atoms with E-state index in [4.69, 9.17) is 5.11 Å². The molecule has 1 aromatic rings. The summed E-state index contributed by atoms with van der Waals surface area (Å²) in [5.74, 6) is 0.867. The van der Waals surface area contributed by atoms with E-state index in [0.29, 0.717) is 0 Å². The SMILES string of the molecule is CCc1cc(OC(F)F)cc([C](C)CO)c1. The number of aliphatic hydroxyl groups excluding tert-OH is 1. The Labute approximate surface area is 93.9 Å². The number of alkyl halides is 2. The van der Waals surface area contributed by atoms with Crippen LogP contribution in [0.3, 0.4) is 0 Å². The predicted molar refractivity (Wildman–Crippen MR) is 57.6 cm³/mol. The van der Waals surface area contributed by atoms with E-state index in [1.165, 1.54) is 6.07 Å². The minimum atomic E-state index is -2.82. The predicted octanol–water partition coefficient (Wildman–Crippen LogP) is 2.79. The highest BCUT2D eigenvalue weighted by Gasteiger charge is 2.10. The lowest BCUT2D eigenvalue weighted by Gasteiger charge is -2.12. The first-order valence-corrected chi connectivity index (χ1v) is 5.09. The first kappa shape index (κ1) is 12.9. The Morgan fingerprint density at radius 3 is 2.56 bits per heavy atom. The van der Waals surface area contributed by atoms with Crippen LogP contribution in [0.1, 0.15) is 25.0 Å². The molecule has 0 aromatic heterocycles. The van der Waals surface area contributed by atoms with E-state index in [-0.39, 0.29) is 12.4 Å². The number of benzene rings is 1. The summed E-state index contributed by atoms with van der Waals surface area (Å²) in [5.41, 5.74) is 1.64. The first-order chi connectivity index (χ1) is 7.56. The molecule has 0 atom stereocenters. The van der Waals surface area contributed by atoms with Crippen LogP contribution in [-0.2, 0) is 6.42 Å². The smallest absolute Gasteiger partial charge is 0.387 e. The van der Waals surface area contributed by atoms with E-state index < -0.39 is 6.61 Å². The molecule has 2 nitrogen and oxygen atoms in total. The van der Waals surface area contributed by atoms with Gasteiger partial charge in [-0.15, -0.1) is 0 Å². The zero-order valence-electron chi connectivity index (χ0n) is 9.34. The van der Waals surface area contributed by atoms with Crippen molar-refractivity contribution in [3.05, 3.63) is 35.2 Å². The molecular weight excluding hydrogens is 214 g/mol. The van der Waals surface area contributed by atoms with Crippen LogP contribution < -0.4 is 4.74 Å². The molecule has 1 N–H and O–H groups in total. The Morgan fingerprint density at radius 2 is 2.06 bits per heavy atom. The minimum absolute atomic E-state index is 0.0959. The summed E-state index contributed by atoms with van der Waals surface area (Å²) in [6.07, 6.45) is 0.728. The van der Waals surface area contributed by atoms with Gasteiger partial charge in [0.15, 0.2) is 0 Å². The highest BCUT2D eigenvalue weighted by atomic mass is 19.3. The molecular formula is C12H15F2O2. The second-order valence-electron chi connectivity index (χ2n) is 3.54. The summed E-state index contributed by atoms with van der Waals surface area (Å²) in [7, 11) is 0. The number of ether oxygens (including phenoxy) is 1. The Balaban J connectivity index is 3.00. The molecule has 1 radical (unpaired) electrons. The second-order valence-corrected chi connectivity index (χ2v) is 3.54. The van der Waals surface area contributed by atoms with Crippen LogP contribution in [0.2, 0.25) is 0 Å². The molecule has 0 aliphatic rings. The van der Waals surface area contributed by atoms with Crippen molar-refractivity contribution < 1.29 is 18.6 Å². The average Bonchev–Trinajstić information content (AvgIpc) is 2.26. The van der Waals surface area contributed by atoms with E-state index in [2.05, 4.69) is 4.74 Å². The fraction of sp³-hybridized carbons (Fsp3) is 0.417. The molecule has 0 fully saturated rings. The van der Waals surface area contributed by atoms with Crippen molar-refractivity contribution in [2.75, 3.05) is 6.61 Å². The third-order valence-electron chi connectivity index (χ3n) is 2.33. The Hall–Kier alpha value is -1.16. The van der Waals surface area contributed by atoms with Gasteiger partial charge in [0.05, 0.1) is 6.61 Å². The van der Waals surface area contributed by atoms with Crippen molar-refractivity contribution in [3.8, 4) is 5.75 Å². The van der Waals surface area contributed by atoms with Gasteiger partial charge in [-0.1, -0.05) is 19.9 Å². The molecule has 0 saturated carbocycles. The minimum Gasteiger partial charge on any atom is -0.435 e. The average molecular weight is 229 g/mol. The van der Waals surface area contributed by atoms with Crippen molar-refractivity contribution in [2.45, 2.75) is 26.9 Å². The zero-order chi connectivity index (χ0) is 12.1. The number of aryl methyl sites for hydroxylation is 1. The lowest BCUT2D eigenvalue weighted by molar-refractivity contribution is -0.0499. The first-order valence-electron chi connectivity index (χ1n) is 5.09. The summed E-state index contributed by atoms with van der Waals surface area (Å²) in [6.45, 7) is 0.760. The maximum atomic E-state index is 12.1. The van der Waals surface area contributed by atoms with Crippen LogP contribution in [0, 0.1) is 5.92 Å². The third-order valence-corrected chi connectivity index (χ3v) is 2.33. The van der Waals surface area contributed by atoms with Gasteiger partial charge in [-0.25, -0.2) is 0 Å². The van der Waals surface area contributed by atoms with Crippen LogP contribution in [0.25, 0.3) is 0 Å². The maximum absolute atomic E-state index is 12.1. The molecule has 0 aliphatic carbocycles. The number of rotatable bonds is 5. The van der Waals surface area contributed by atoms with Crippen LogP contribution >= 0.6 is 0 Å². The summed E-state index contributed by atoms with van der Waals surface area (Å²) in [6, 6.07) is 4.96. The second kappa shape index (κ2) is 5.80. The van der Waals surface area contributed by atoms with E-state index >= 15 is 0 Å². The zero-order valence-corrected chi connectivity index (χ0v) is 9.34. The van der Waals surface area contributed by atoms with Crippen LogP contribution in [0.4, 0.5) is 8.78 Å². The van der Waals surface area contributed by atoms with Gasteiger partial charge in [0, 0.05) is 5.92 Å². The van der Waals surface area contributed by atoms with Crippen LogP contribution in [-0.4, -0.2) is 18.3 Å². The van der Waals surface area contributed by atoms with E-state index in [9.17, 15) is 8.78 Å². The molecule has 0 unspecified atom stereocenters. The van der Waals surface area contributed by atoms with Gasteiger partial charge in [0.1, 0.15) is 5.75 Å². The van der Waals surface area contributed by atoms with Crippen molar-refractivity contribution in [1.29, 1.82) is 0 Å². The molecule has 1 aromatic carbocycles. The topological polar surface area (TPSA) is 29.5 Å². The summed E-state index contributed by atoms with van der Waals surface area (Å²) in [5, 5.41) is 9.00. The van der Waals surface area contributed by atoms with Crippen LogP contribution in [0.5, 0.6) is 5.75 Å². The molecule has 89 valence electrons. The summed E-state index contributed by atoms with van der Waals surface area (Å²) < 4.78 is 28.5. The Kier molecular flexibility index (Phi) is 4.68. The van der Waals surface area contributed by atoms with Gasteiger partial charge in [-0.3, -0.25) is 0 Å². The third kappa shape index (κ3) is 3.45.